The van der Waals surface area contributed by atoms with E-state index in [2.05, 4.69) is 47.1 Å². The van der Waals surface area contributed by atoms with E-state index in [0.29, 0.717) is 6.61 Å². The van der Waals surface area contributed by atoms with Gasteiger partial charge in [-0.15, -0.1) is 0 Å². The van der Waals surface area contributed by atoms with Crippen molar-refractivity contribution < 1.29 is 4.74 Å². The van der Waals surface area contributed by atoms with Crippen LogP contribution >= 0.6 is 15.9 Å². The molecule has 1 N–H and O–H groups in total. The smallest absolute Gasteiger partial charge is 0.120 e. The van der Waals surface area contributed by atoms with Crippen molar-refractivity contribution in [3.63, 3.8) is 0 Å². The Morgan fingerprint density at radius 1 is 1.29 bits per heavy atom. The summed E-state index contributed by atoms with van der Waals surface area (Å²) in [6.07, 6.45) is 1.83. The van der Waals surface area contributed by atoms with Gasteiger partial charge in [0, 0.05) is 22.8 Å². The quantitative estimate of drug-likeness (QED) is 0.863. The summed E-state index contributed by atoms with van der Waals surface area (Å²) in [4.78, 5) is 0. The fourth-order valence-corrected chi connectivity index (χ4v) is 2.25. The molecule has 0 amide bonds. The zero-order valence-electron chi connectivity index (χ0n) is 12.8. The fourth-order valence-electron chi connectivity index (χ4n) is 1.87. The van der Waals surface area contributed by atoms with E-state index in [1.165, 1.54) is 5.69 Å². The average molecular weight is 352 g/mol. The van der Waals surface area contributed by atoms with Crippen molar-refractivity contribution in [3.8, 4) is 5.75 Å². The van der Waals surface area contributed by atoms with Gasteiger partial charge in [-0.25, -0.2) is 0 Å². The molecule has 0 saturated carbocycles. The first-order chi connectivity index (χ1) is 9.94. The Balaban J connectivity index is 1.85. The lowest BCUT2D eigenvalue weighted by molar-refractivity contribution is 0.287. The predicted molar refractivity (Wildman–Crippen MR) is 88.5 cm³/mol. The van der Waals surface area contributed by atoms with Gasteiger partial charge in [0.15, 0.2) is 0 Å². The van der Waals surface area contributed by atoms with Gasteiger partial charge in [-0.05, 0) is 45.0 Å². The van der Waals surface area contributed by atoms with Crippen LogP contribution in [0.15, 0.2) is 41.0 Å². The topological polar surface area (TPSA) is 39.1 Å². The van der Waals surface area contributed by atoms with Gasteiger partial charge in [-0.2, -0.15) is 5.10 Å². The zero-order valence-corrected chi connectivity index (χ0v) is 14.4. The van der Waals surface area contributed by atoms with Crippen molar-refractivity contribution >= 4 is 15.9 Å². The third-order valence-electron chi connectivity index (χ3n) is 2.97. The third kappa shape index (κ3) is 5.52. The van der Waals surface area contributed by atoms with Gasteiger partial charge in [0.05, 0.1) is 12.2 Å². The SMILES string of the molecule is CC(C)(C)NCc1ccnn1CCOc1cccc(Br)c1. The van der Waals surface area contributed by atoms with Crippen molar-refractivity contribution in [2.75, 3.05) is 6.61 Å². The van der Waals surface area contributed by atoms with Crippen LogP contribution in [0, 0.1) is 0 Å². The number of nitrogens with one attached hydrogen (secondary N) is 1. The zero-order chi connectivity index (χ0) is 15.3. The molecule has 0 unspecified atom stereocenters. The molecular formula is C16H22BrN3O. The first-order valence-corrected chi connectivity index (χ1v) is 7.87. The first-order valence-electron chi connectivity index (χ1n) is 7.08. The minimum Gasteiger partial charge on any atom is -0.492 e. The summed E-state index contributed by atoms with van der Waals surface area (Å²) in [6, 6.07) is 9.90. The number of hydrogen-bond donors (Lipinski definition) is 1. The van der Waals surface area contributed by atoms with E-state index < -0.39 is 0 Å². The minimum absolute atomic E-state index is 0.0991. The lowest BCUT2D eigenvalue weighted by atomic mass is 10.1. The lowest BCUT2D eigenvalue weighted by Gasteiger charge is -2.20. The second-order valence-corrected chi connectivity index (χ2v) is 6.87. The summed E-state index contributed by atoms with van der Waals surface area (Å²) in [7, 11) is 0. The molecule has 114 valence electrons. The highest BCUT2D eigenvalue weighted by Gasteiger charge is 2.10. The lowest BCUT2D eigenvalue weighted by Crippen LogP contribution is -2.35. The van der Waals surface area contributed by atoms with Crippen LogP contribution in [0.25, 0.3) is 0 Å². The van der Waals surface area contributed by atoms with Crippen molar-refractivity contribution in [2.24, 2.45) is 0 Å². The predicted octanol–water partition coefficient (Wildman–Crippen LogP) is 3.61. The monoisotopic (exact) mass is 351 g/mol. The molecule has 2 aromatic rings. The molecule has 2 rings (SSSR count). The molecule has 0 bridgehead atoms. The van der Waals surface area contributed by atoms with Gasteiger partial charge in [-0.3, -0.25) is 4.68 Å². The van der Waals surface area contributed by atoms with E-state index >= 15 is 0 Å². The average Bonchev–Trinajstić information content (AvgIpc) is 2.83. The molecule has 1 aromatic heterocycles. The van der Waals surface area contributed by atoms with Gasteiger partial charge < -0.3 is 10.1 Å². The number of nitrogens with zero attached hydrogens (tertiary/aromatic N) is 2. The number of halogens is 1. The molecule has 0 aliphatic carbocycles. The van der Waals surface area contributed by atoms with Crippen LogP contribution in [0.4, 0.5) is 0 Å². The Kier molecular flexibility index (Phi) is 5.42. The number of aromatic nitrogens is 2. The molecule has 0 atom stereocenters. The maximum atomic E-state index is 5.75. The first kappa shape index (κ1) is 16.0. The molecule has 0 aliphatic rings. The molecule has 5 heteroatoms. The van der Waals surface area contributed by atoms with Gasteiger partial charge in [-0.1, -0.05) is 22.0 Å². The fraction of sp³-hybridized carbons (Fsp3) is 0.438. The Morgan fingerprint density at radius 2 is 2.10 bits per heavy atom. The second-order valence-electron chi connectivity index (χ2n) is 5.96. The van der Waals surface area contributed by atoms with Crippen LogP contribution in [0.1, 0.15) is 26.5 Å². The standard InChI is InChI=1S/C16H22BrN3O/c1-16(2,3)18-12-14-7-8-19-20(14)9-10-21-15-6-4-5-13(17)11-15/h4-8,11,18H,9-10,12H2,1-3H3. The van der Waals surface area contributed by atoms with Crippen LogP contribution in [0.5, 0.6) is 5.75 Å². The molecule has 1 aromatic carbocycles. The molecule has 0 saturated heterocycles. The molecule has 0 fully saturated rings. The maximum absolute atomic E-state index is 5.75. The normalized spacial score (nSPS) is 11.6. The number of benzene rings is 1. The third-order valence-corrected chi connectivity index (χ3v) is 3.47. The van der Waals surface area contributed by atoms with Gasteiger partial charge in [0.1, 0.15) is 12.4 Å². The minimum atomic E-state index is 0.0991. The summed E-state index contributed by atoms with van der Waals surface area (Å²) in [6.45, 7) is 8.61. The van der Waals surface area contributed by atoms with Crippen LogP contribution in [-0.2, 0) is 13.1 Å². The molecule has 4 nitrogen and oxygen atoms in total. The molecule has 0 radical (unpaired) electrons. The molecule has 21 heavy (non-hydrogen) atoms. The highest BCUT2D eigenvalue weighted by molar-refractivity contribution is 9.10. The van der Waals surface area contributed by atoms with Gasteiger partial charge in [0.2, 0.25) is 0 Å². The van der Waals surface area contributed by atoms with Crippen molar-refractivity contribution in [3.05, 3.63) is 46.7 Å². The molecular weight excluding hydrogens is 330 g/mol. The molecule has 1 heterocycles. The second kappa shape index (κ2) is 7.09. The maximum Gasteiger partial charge on any atom is 0.120 e. The van der Waals surface area contributed by atoms with Crippen molar-refractivity contribution in [1.82, 2.24) is 15.1 Å². The van der Waals surface area contributed by atoms with Crippen LogP contribution in [0.3, 0.4) is 0 Å². The van der Waals surface area contributed by atoms with E-state index in [9.17, 15) is 0 Å². The summed E-state index contributed by atoms with van der Waals surface area (Å²) >= 11 is 3.44. The van der Waals surface area contributed by atoms with E-state index in [1.54, 1.807) is 0 Å². The summed E-state index contributed by atoms with van der Waals surface area (Å²) < 4.78 is 8.75. The number of ether oxygens (including phenoxy) is 1. The van der Waals surface area contributed by atoms with E-state index in [-0.39, 0.29) is 5.54 Å². The van der Waals surface area contributed by atoms with Crippen molar-refractivity contribution in [2.45, 2.75) is 39.4 Å². The summed E-state index contributed by atoms with van der Waals surface area (Å²) in [5.74, 6) is 0.867. The Bertz CT molecular complexity index is 575. The van der Waals surface area contributed by atoms with Gasteiger partial charge in [0.25, 0.3) is 0 Å². The van der Waals surface area contributed by atoms with E-state index in [1.807, 2.05) is 41.2 Å². The highest BCUT2D eigenvalue weighted by Crippen LogP contribution is 2.17. The highest BCUT2D eigenvalue weighted by atomic mass is 79.9. The van der Waals surface area contributed by atoms with Gasteiger partial charge >= 0.3 is 0 Å². The summed E-state index contributed by atoms with van der Waals surface area (Å²) in [5, 5.41) is 7.83. The molecule has 0 spiro atoms. The summed E-state index contributed by atoms with van der Waals surface area (Å²) in [5.41, 5.74) is 1.27. The van der Waals surface area contributed by atoms with Crippen LogP contribution < -0.4 is 10.1 Å². The number of hydrogen-bond acceptors (Lipinski definition) is 3. The van der Waals surface area contributed by atoms with Crippen LogP contribution in [-0.4, -0.2) is 21.9 Å². The van der Waals surface area contributed by atoms with E-state index in [4.69, 9.17) is 4.74 Å². The Morgan fingerprint density at radius 3 is 2.81 bits per heavy atom. The Hall–Kier alpha value is -1.33. The number of rotatable bonds is 6. The van der Waals surface area contributed by atoms with Crippen molar-refractivity contribution in [1.29, 1.82) is 0 Å². The van der Waals surface area contributed by atoms with E-state index in [0.717, 1.165) is 23.3 Å². The van der Waals surface area contributed by atoms with Crippen LogP contribution in [0.2, 0.25) is 0 Å². The Labute approximate surface area is 134 Å². The largest absolute Gasteiger partial charge is 0.492 e. The molecule has 0 aliphatic heterocycles.